The van der Waals surface area contributed by atoms with E-state index in [4.69, 9.17) is 106 Å². The monoisotopic (exact) mass is 1660 g/mol. The number of alkyl carbamates (subject to hydrolysis) is 1. The summed E-state index contributed by atoms with van der Waals surface area (Å²) in [5.74, 6) is 4.31. The quantitative estimate of drug-likeness (QED) is 0.0280. The zero-order chi connectivity index (χ0) is 76.2. The van der Waals surface area contributed by atoms with Crippen LogP contribution >= 0.6 is 0 Å². The van der Waals surface area contributed by atoms with E-state index in [0.29, 0.717) is 89.2 Å². The lowest BCUT2D eigenvalue weighted by atomic mass is 10.1. The number of hydrogen-bond acceptors (Lipinski definition) is 25. The second kappa shape index (κ2) is 46.0. The van der Waals surface area contributed by atoms with Crippen LogP contribution in [0, 0.1) is 0 Å². The Balaban J connectivity index is 0.683. The van der Waals surface area contributed by atoms with Crippen molar-refractivity contribution in [1.29, 1.82) is 0 Å². The molecule has 600 valence electrons. The molecular weight excluding hydrogens is 1540 g/mol. The summed E-state index contributed by atoms with van der Waals surface area (Å²) in [7, 11) is -28.7. The minimum Gasteiger partial charge on any atom is -0.494 e. The van der Waals surface area contributed by atoms with Crippen LogP contribution in [0.5, 0.6) is 34.5 Å². The molecule has 5 aromatic carbocycles. The highest BCUT2D eigenvalue weighted by molar-refractivity contribution is 6.97. The maximum Gasteiger partial charge on any atom is 0.646 e. The first-order chi connectivity index (χ1) is 52.4. The smallest absolute Gasteiger partial charge is 0.494 e. The summed E-state index contributed by atoms with van der Waals surface area (Å²) in [6.45, 7) is 20.5. The van der Waals surface area contributed by atoms with Crippen LogP contribution in [-0.2, 0) is 84.1 Å². The zero-order valence-corrected chi connectivity index (χ0v) is 74.6. The van der Waals surface area contributed by atoms with Crippen LogP contribution in [0.4, 0.5) is 4.79 Å². The summed E-state index contributed by atoms with van der Waals surface area (Å²) in [5, 5.41) is 2.83. The molecule has 4 aliphatic rings. The molecule has 4 heterocycles. The number of rotatable bonds is 52. The molecule has 6 bridgehead atoms. The molecule has 8 atom stereocenters. The van der Waals surface area contributed by atoms with Gasteiger partial charge in [0.1, 0.15) is 67.5 Å². The molecular formula is C73H117NO25Si9. The Bertz CT molecular complexity index is 3230. The van der Waals surface area contributed by atoms with E-state index in [2.05, 4.69) is 67.7 Å². The predicted molar refractivity (Wildman–Crippen MR) is 427 cm³/mol. The first-order valence-electron chi connectivity index (χ1n) is 38.7. The van der Waals surface area contributed by atoms with Crippen molar-refractivity contribution in [1.82, 2.24) is 5.32 Å². The Kier molecular flexibility index (Phi) is 37.2. The highest BCUT2D eigenvalue weighted by Crippen LogP contribution is 2.43. The van der Waals surface area contributed by atoms with Crippen molar-refractivity contribution in [2.24, 2.45) is 0 Å². The standard InChI is InChI=1S/C73H117NO25Si9/c1-10-12-14-16-18-20-22-24-43-81-67-34-26-63(27-35-67)65-30-38-69(39-31-65)83-53-49-77-45-47-79-51-55-85-71-58-62(59-72(60-71)86-56-52-80-48-46-78-50-54-84-70-40-32-66(33-41-70)64-28-36-68(37-29-64)82-44-25-23-21-19-17-15-13-11-2)61-87-73(75)74-42-57-100-88-108-97-103(5,76-3)93-105(7)91-102-89-101(4)90-104(6,98-108)94-106(8,92-102)96-107(9,95-105)99-108/h26-41,58-60,101-102H,10-25,42-57,61,100H2,1-9H3,(H,74,75). The highest BCUT2D eigenvalue weighted by atomic mass is 28.6. The van der Waals surface area contributed by atoms with Gasteiger partial charge in [-0.3, -0.25) is 0 Å². The van der Waals surface area contributed by atoms with E-state index < -0.39 is 87.7 Å². The predicted octanol–water partition coefficient (Wildman–Crippen LogP) is 13.5. The van der Waals surface area contributed by atoms with Gasteiger partial charge in [0.05, 0.1) is 66.1 Å². The summed E-state index contributed by atoms with van der Waals surface area (Å²) >= 11 is 0. The van der Waals surface area contributed by atoms with Gasteiger partial charge in [-0.15, -0.1) is 0 Å². The number of fused-ring (bicyclic) bond motifs is 4. The number of hydrogen-bond donors (Lipinski definition) is 1. The minimum absolute atomic E-state index is 0.0992. The van der Waals surface area contributed by atoms with Crippen LogP contribution in [0.15, 0.2) is 115 Å². The van der Waals surface area contributed by atoms with E-state index in [-0.39, 0.29) is 26.4 Å². The van der Waals surface area contributed by atoms with Gasteiger partial charge in [-0.2, -0.15) is 0 Å². The van der Waals surface area contributed by atoms with Gasteiger partial charge >= 0.3 is 78.0 Å². The van der Waals surface area contributed by atoms with E-state index in [1.807, 2.05) is 55.1 Å². The van der Waals surface area contributed by atoms with Crippen LogP contribution < -0.4 is 33.7 Å². The second-order valence-corrected chi connectivity index (χ2v) is 50.8. The first kappa shape index (κ1) is 87.4. The van der Waals surface area contributed by atoms with Gasteiger partial charge in [-0.05, 0) is 114 Å². The third-order valence-corrected chi connectivity index (χ3v) is 51.0. The molecule has 1 N–H and O–H groups in total. The Morgan fingerprint density at radius 2 is 0.769 bits per heavy atom. The molecule has 26 nitrogen and oxygen atoms in total. The van der Waals surface area contributed by atoms with E-state index >= 15 is 0 Å². The SMILES string of the molecule is CCCCCCCCCCOc1ccc(-c2ccc(OCCOCCOCCOc3cc(COC(=O)NCC[SiH2]O[Si]45O[Si](C)(OC)O[Si]6(C)O[SiH]7O[SiH](C)O[Si](C)(O[Si](C)(O7)O[Si](C)(O6)O4)O5)cc(OCCOCCOCCOc4ccc(-c5ccc(OCCCCCCCCCC)cc5)cc4)c3)cc2)cc1. The van der Waals surface area contributed by atoms with E-state index in [1.165, 1.54) is 97.0 Å². The topological polar surface area (TPSA) is 251 Å². The van der Waals surface area contributed by atoms with Crippen molar-refractivity contribution in [2.45, 2.75) is 169 Å². The summed E-state index contributed by atoms with van der Waals surface area (Å²) < 4.78 is 150. The molecule has 108 heavy (non-hydrogen) atoms. The lowest BCUT2D eigenvalue weighted by Crippen LogP contribution is -2.81. The van der Waals surface area contributed by atoms with Crippen LogP contribution in [0.1, 0.15) is 122 Å². The van der Waals surface area contributed by atoms with Gasteiger partial charge in [-0.1, -0.05) is 152 Å². The molecule has 0 radical (unpaired) electrons. The Morgan fingerprint density at radius 1 is 0.407 bits per heavy atom. The Morgan fingerprint density at radius 3 is 1.19 bits per heavy atom. The molecule has 0 aromatic heterocycles. The highest BCUT2D eigenvalue weighted by Gasteiger charge is 2.74. The largest absolute Gasteiger partial charge is 0.646 e. The van der Waals surface area contributed by atoms with Crippen LogP contribution in [0.25, 0.3) is 22.3 Å². The van der Waals surface area contributed by atoms with Gasteiger partial charge in [0, 0.05) is 52.5 Å². The van der Waals surface area contributed by atoms with Crippen molar-refractivity contribution in [2.75, 3.05) is 106 Å². The number of carbonyl (C=O) groups is 1. The van der Waals surface area contributed by atoms with Crippen molar-refractivity contribution < 1.29 is 111 Å². The number of nitrogens with one attached hydrogen (secondary N) is 1. The number of amides is 1. The Labute approximate surface area is 652 Å². The molecule has 4 saturated heterocycles. The van der Waals surface area contributed by atoms with Crippen molar-refractivity contribution in [3.63, 3.8) is 0 Å². The van der Waals surface area contributed by atoms with Crippen LogP contribution in [0.3, 0.4) is 0 Å². The third kappa shape index (κ3) is 31.1. The molecule has 0 saturated carbocycles. The summed E-state index contributed by atoms with van der Waals surface area (Å²) in [6, 6.07) is 38.4. The van der Waals surface area contributed by atoms with Crippen molar-refractivity contribution in [3.8, 4) is 56.8 Å². The van der Waals surface area contributed by atoms with Crippen molar-refractivity contribution in [3.05, 3.63) is 121 Å². The van der Waals surface area contributed by atoms with E-state index in [1.54, 1.807) is 50.9 Å². The minimum atomic E-state index is -4.37. The second-order valence-electron chi connectivity index (χ2n) is 27.2. The maximum absolute atomic E-state index is 13.3. The molecule has 5 aromatic rings. The third-order valence-electron chi connectivity index (χ3n) is 17.6. The fraction of sp³-hybridized carbons (Fsp3) is 0.575. The molecule has 0 aliphatic carbocycles. The fourth-order valence-corrected chi connectivity index (χ4v) is 51.9. The average Bonchev–Trinajstić information content (AvgIpc) is 0.723. The Hall–Kier alpha value is -4.56. The molecule has 1 amide bonds. The molecule has 8 unspecified atom stereocenters. The van der Waals surface area contributed by atoms with Gasteiger partial charge in [-0.25, -0.2) is 4.79 Å². The summed E-state index contributed by atoms with van der Waals surface area (Å²) in [5.41, 5.74) is 5.05. The number of unbranched alkanes of at least 4 members (excludes halogenated alkanes) is 14. The van der Waals surface area contributed by atoms with Crippen molar-refractivity contribution >= 4 is 87.7 Å². The van der Waals surface area contributed by atoms with Gasteiger partial charge in [0.15, 0.2) is 9.76 Å². The fourth-order valence-electron chi connectivity index (χ4n) is 12.4. The molecule has 4 fully saturated rings. The summed E-state index contributed by atoms with van der Waals surface area (Å²) in [6.07, 6.45) is 19.8. The van der Waals surface area contributed by atoms with Crippen LogP contribution in [-0.4, -0.2) is 194 Å². The average molecular weight is 1660 g/mol. The maximum atomic E-state index is 13.3. The first-order valence-corrected chi connectivity index (χ1v) is 56.5. The molecule has 4 aliphatic heterocycles. The van der Waals surface area contributed by atoms with Gasteiger partial charge in [0.25, 0.3) is 0 Å². The number of ether oxygens (including phenoxy) is 11. The van der Waals surface area contributed by atoms with E-state index in [9.17, 15) is 4.79 Å². The number of carbonyl (C=O) groups excluding carboxylic acids is 1. The molecule has 9 rings (SSSR count). The van der Waals surface area contributed by atoms with Gasteiger partial charge < -0.3 is 111 Å². The lowest BCUT2D eigenvalue weighted by Gasteiger charge is -2.54. The van der Waals surface area contributed by atoms with E-state index in [0.717, 1.165) is 71.3 Å². The molecule has 0 spiro atoms. The van der Waals surface area contributed by atoms with Gasteiger partial charge in [0.2, 0.25) is 0 Å². The zero-order valence-electron chi connectivity index (χ0n) is 64.9. The normalized spacial score (nSPS) is 23.9. The lowest BCUT2D eigenvalue weighted by molar-refractivity contribution is -0.00865. The van der Waals surface area contributed by atoms with Crippen LogP contribution in [0.2, 0.25) is 45.3 Å². The number of benzene rings is 5. The molecule has 35 heteroatoms. The summed E-state index contributed by atoms with van der Waals surface area (Å²) in [4.78, 5) is 13.3.